The van der Waals surface area contributed by atoms with Gasteiger partial charge in [-0.3, -0.25) is 18.7 Å². The van der Waals surface area contributed by atoms with E-state index in [1.165, 1.54) is 25.4 Å². The second-order valence-corrected chi connectivity index (χ2v) is 5.49. The van der Waals surface area contributed by atoms with Gasteiger partial charge in [0.1, 0.15) is 11.8 Å². The predicted octanol–water partition coefficient (Wildman–Crippen LogP) is -0.391. The number of aliphatic hydroxyl groups is 1. The molecule has 7 nitrogen and oxygen atoms in total. The highest BCUT2D eigenvalue weighted by Crippen LogP contribution is 2.17. The molecule has 2 aromatic rings. The summed E-state index contributed by atoms with van der Waals surface area (Å²) in [7, 11) is 2.75. The van der Waals surface area contributed by atoms with E-state index in [0.29, 0.717) is 0 Å². The lowest BCUT2D eigenvalue weighted by atomic mass is 10.3. The van der Waals surface area contributed by atoms with E-state index in [-0.39, 0.29) is 12.2 Å². The molecule has 2 aromatic heterocycles. The zero-order valence-corrected chi connectivity index (χ0v) is 12.4. The Hall–Kier alpha value is -2.19. The Morgan fingerprint density at radius 2 is 2.10 bits per heavy atom. The van der Waals surface area contributed by atoms with E-state index in [1.54, 1.807) is 12.1 Å². The van der Waals surface area contributed by atoms with Crippen molar-refractivity contribution in [2.75, 3.05) is 6.54 Å². The molecule has 1 unspecified atom stereocenters. The molecule has 0 aromatic carbocycles. The van der Waals surface area contributed by atoms with Crippen LogP contribution in [0, 0.1) is 0 Å². The highest BCUT2D eigenvalue weighted by molar-refractivity contribution is 7.10. The number of carbonyl (C=O) groups is 1. The molecular formula is C13H15N3O4S. The molecule has 0 spiro atoms. The molecule has 0 bridgehead atoms. The summed E-state index contributed by atoms with van der Waals surface area (Å²) in [5.74, 6) is -0.581. The van der Waals surface area contributed by atoms with Crippen LogP contribution in [-0.2, 0) is 14.1 Å². The molecule has 0 aliphatic carbocycles. The summed E-state index contributed by atoms with van der Waals surface area (Å²) >= 11 is 1.38. The van der Waals surface area contributed by atoms with Crippen LogP contribution < -0.4 is 16.6 Å². The Kier molecular flexibility index (Phi) is 4.39. The van der Waals surface area contributed by atoms with Crippen molar-refractivity contribution in [1.82, 2.24) is 14.5 Å². The van der Waals surface area contributed by atoms with Crippen LogP contribution in [-0.4, -0.2) is 26.7 Å². The van der Waals surface area contributed by atoms with Gasteiger partial charge in [0.25, 0.3) is 11.5 Å². The number of rotatable bonds is 4. The van der Waals surface area contributed by atoms with Crippen LogP contribution in [0.15, 0.2) is 33.2 Å². The first-order valence-corrected chi connectivity index (χ1v) is 7.06. The third-order valence-corrected chi connectivity index (χ3v) is 4.06. The highest BCUT2D eigenvalue weighted by atomic mass is 32.1. The lowest BCUT2D eigenvalue weighted by Crippen LogP contribution is -2.41. The molecule has 21 heavy (non-hydrogen) atoms. The van der Waals surface area contributed by atoms with Gasteiger partial charge in [0.05, 0.1) is 0 Å². The first-order valence-electron chi connectivity index (χ1n) is 6.18. The summed E-state index contributed by atoms with van der Waals surface area (Å²) in [5, 5.41) is 14.2. The predicted molar refractivity (Wildman–Crippen MR) is 78.5 cm³/mol. The molecule has 2 N–H and O–H groups in total. The molecule has 1 amide bonds. The molecule has 0 aliphatic heterocycles. The zero-order chi connectivity index (χ0) is 15.6. The maximum Gasteiger partial charge on any atom is 0.331 e. The third-order valence-electron chi connectivity index (χ3n) is 3.09. The highest BCUT2D eigenvalue weighted by Gasteiger charge is 2.15. The second kappa shape index (κ2) is 6.06. The number of amides is 1. The van der Waals surface area contributed by atoms with Crippen molar-refractivity contribution < 1.29 is 9.90 Å². The summed E-state index contributed by atoms with van der Waals surface area (Å²) in [6, 6.07) is 4.65. The number of aromatic nitrogens is 2. The van der Waals surface area contributed by atoms with Crippen LogP contribution in [0.5, 0.6) is 0 Å². The van der Waals surface area contributed by atoms with Crippen LogP contribution in [0.25, 0.3) is 0 Å². The van der Waals surface area contributed by atoms with Gasteiger partial charge in [0.15, 0.2) is 0 Å². The first-order chi connectivity index (χ1) is 9.91. The maximum atomic E-state index is 12.0. The Balaban J connectivity index is 2.15. The lowest BCUT2D eigenvalue weighted by Gasteiger charge is -2.12. The number of carbonyl (C=O) groups excluding carboxylic acids is 1. The SMILES string of the molecule is Cn1c(C(=O)NCC(O)c2cccs2)cc(=O)n(C)c1=O. The summed E-state index contributed by atoms with van der Waals surface area (Å²) in [5.41, 5.74) is -1.17. The summed E-state index contributed by atoms with van der Waals surface area (Å²) in [4.78, 5) is 36.1. The second-order valence-electron chi connectivity index (χ2n) is 4.51. The van der Waals surface area contributed by atoms with Crippen LogP contribution >= 0.6 is 11.3 Å². The summed E-state index contributed by atoms with van der Waals surface area (Å²) in [6.07, 6.45) is -0.822. The Morgan fingerprint density at radius 1 is 1.38 bits per heavy atom. The molecule has 2 rings (SSSR count). The normalized spacial score (nSPS) is 12.1. The van der Waals surface area contributed by atoms with Crippen molar-refractivity contribution in [3.8, 4) is 0 Å². The molecule has 0 fully saturated rings. The molecule has 1 atom stereocenters. The van der Waals surface area contributed by atoms with Crippen molar-refractivity contribution in [3.05, 3.63) is 55.0 Å². The van der Waals surface area contributed by atoms with E-state index in [1.807, 2.05) is 5.38 Å². The number of aliphatic hydroxyl groups excluding tert-OH is 1. The summed E-state index contributed by atoms with van der Waals surface area (Å²) < 4.78 is 2.01. The van der Waals surface area contributed by atoms with Crippen LogP contribution in [0.2, 0.25) is 0 Å². The zero-order valence-electron chi connectivity index (χ0n) is 11.6. The molecular weight excluding hydrogens is 294 g/mol. The van der Waals surface area contributed by atoms with E-state index in [2.05, 4.69) is 5.32 Å². The van der Waals surface area contributed by atoms with Crippen molar-refractivity contribution >= 4 is 17.2 Å². The third kappa shape index (κ3) is 3.11. The summed E-state index contributed by atoms with van der Waals surface area (Å²) in [6.45, 7) is 0.00273. The van der Waals surface area contributed by atoms with Gasteiger partial charge < -0.3 is 10.4 Å². The number of hydrogen-bond donors (Lipinski definition) is 2. The largest absolute Gasteiger partial charge is 0.386 e. The minimum absolute atomic E-state index is 0.00273. The molecule has 0 radical (unpaired) electrons. The van der Waals surface area contributed by atoms with Crippen molar-refractivity contribution in [1.29, 1.82) is 0 Å². The van der Waals surface area contributed by atoms with E-state index in [4.69, 9.17) is 0 Å². The first kappa shape index (κ1) is 15.2. The van der Waals surface area contributed by atoms with E-state index in [0.717, 1.165) is 20.1 Å². The molecule has 0 aliphatic rings. The fraction of sp³-hybridized carbons (Fsp3) is 0.308. The lowest BCUT2D eigenvalue weighted by molar-refractivity contribution is 0.0908. The quantitative estimate of drug-likeness (QED) is 0.804. The number of thiophene rings is 1. The van der Waals surface area contributed by atoms with Crippen molar-refractivity contribution in [2.45, 2.75) is 6.10 Å². The minimum Gasteiger partial charge on any atom is -0.386 e. The Labute approximate surface area is 124 Å². The number of nitrogens with zero attached hydrogens (tertiary/aromatic N) is 2. The van der Waals surface area contributed by atoms with Gasteiger partial charge >= 0.3 is 5.69 Å². The molecule has 2 heterocycles. The maximum absolute atomic E-state index is 12.0. The van der Waals surface area contributed by atoms with Gasteiger partial charge in [-0.05, 0) is 11.4 Å². The van der Waals surface area contributed by atoms with Crippen LogP contribution in [0.3, 0.4) is 0 Å². The molecule has 112 valence electrons. The fourth-order valence-electron chi connectivity index (χ4n) is 1.81. The molecule has 0 saturated heterocycles. The van der Waals surface area contributed by atoms with Gasteiger partial charge in [0, 0.05) is 31.6 Å². The van der Waals surface area contributed by atoms with E-state index >= 15 is 0 Å². The van der Waals surface area contributed by atoms with Crippen molar-refractivity contribution in [3.63, 3.8) is 0 Å². The van der Waals surface area contributed by atoms with Gasteiger partial charge in [0.2, 0.25) is 0 Å². The van der Waals surface area contributed by atoms with Gasteiger partial charge in [-0.2, -0.15) is 0 Å². The topological polar surface area (TPSA) is 93.3 Å². The van der Waals surface area contributed by atoms with Gasteiger partial charge in [-0.25, -0.2) is 4.79 Å². The molecule has 0 saturated carbocycles. The minimum atomic E-state index is -0.822. The van der Waals surface area contributed by atoms with Crippen molar-refractivity contribution in [2.24, 2.45) is 14.1 Å². The number of hydrogen-bond acceptors (Lipinski definition) is 5. The van der Waals surface area contributed by atoms with E-state index in [9.17, 15) is 19.5 Å². The average Bonchev–Trinajstić information content (AvgIpc) is 3.00. The van der Waals surface area contributed by atoms with Crippen LogP contribution in [0.4, 0.5) is 0 Å². The smallest absolute Gasteiger partial charge is 0.331 e. The van der Waals surface area contributed by atoms with Gasteiger partial charge in [-0.15, -0.1) is 11.3 Å². The average molecular weight is 309 g/mol. The monoisotopic (exact) mass is 309 g/mol. The number of nitrogens with one attached hydrogen (secondary N) is 1. The van der Waals surface area contributed by atoms with E-state index < -0.39 is 23.3 Å². The fourth-order valence-corrected chi connectivity index (χ4v) is 2.52. The standard InChI is InChI=1S/C13H15N3O4S/c1-15-8(6-11(18)16(2)13(15)20)12(19)14-7-9(17)10-4-3-5-21-10/h3-6,9,17H,7H2,1-2H3,(H,14,19). The van der Waals surface area contributed by atoms with Crippen LogP contribution in [0.1, 0.15) is 21.5 Å². The molecule has 8 heteroatoms. The van der Waals surface area contributed by atoms with Gasteiger partial charge in [-0.1, -0.05) is 6.07 Å². The Bertz CT molecular complexity index is 761. The Morgan fingerprint density at radius 3 is 2.71 bits per heavy atom.